The second kappa shape index (κ2) is 6.29. The number of rotatable bonds is 3. The summed E-state index contributed by atoms with van der Waals surface area (Å²) in [5.74, 6) is 0.276. The van der Waals surface area contributed by atoms with Crippen LogP contribution in [0.15, 0.2) is 22.8 Å². The van der Waals surface area contributed by atoms with Crippen LogP contribution < -0.4 is 11.1 Å². The van der Waals surface area contributed by atoms with Gasteiger partial charge in [0.2, 0.25) is 0 Å². The van der Waals surface area contributed by atoms with Crippen LogP contribution in [0.1, 0.15) is 36.2 Å². The molecule has 5 heteroatoms. The average molecular weight is 312 g/mol. The van der Waals surface area contributed by atoms with Crippen LogP contribution in [0.25, 0.3) is 0 Å². The molecule has 1 aliphatic rings. The minimum Gasteiger partial charge on any atom is -0.348 e. The lowest BCUT2D eigenvalue weighted by atomic mass is 9.84. The molecule has 4 nitrogen and oxygen atoms in total. The SMILES string of the molecule is NCC1CCCCC1NC(=O)c1ncccc1Br. The fourth-order valence-corrected chi connectivity index (χ4v) is 2.90. The summed E-state index contributed by atoms with van der Waals surface area (Å²) in [6.45, 7) is 0.633. The molecule has 0 aliphatic heterocycles. The molecule has 0 radical (unpaired) electrons. The molecule has 1 aromatic rings. The summed E-state index contributed by atoms with van der Waals surface area (Å²) in [4.78, 5) is 16.3. The summed E-state index contributed by atoms with van der Waals surface area (Å²) >= 11 is 3.35. The van der Waals surface area contributed by atoms with Crippen molar-refractivity contribution in [1.29, 1.82) is 0 Å². The van der Waals surface area contributed by atoms with E-state index in [0.717, 1.165) is 23.7 Å². The first-order chi connectivity index (χ1) is 8.72. The Labute approximate surface area is 115 Å². The van der Waals surface area contributed by atoms with Gasteiger partial charge in [0.15, 0.2) is 0 Å². The number of carbonyl (C=O) groups is 1. The van der Waals surface area contributed by atoms with Crippen molar-refractivity contribution >= 4 is 21.8 Å². The molecule has 2 unspecified atom stereocenters. The highest BCUT2D eigenvalue weighted by Gasteiger charge is 2.26. The number of halogens is 1. The van der Waals surface area contributed by atoms with Gasteiger partial charge in [0.1, 0.15) is 5.69 Å². The Hall–Kier alpha value is -0.940. The molecule has 18 heavy (non-hydrogen) atoms. The minimum atomic E-state index is -0.118. The van der Waals surface area contributed by atoms with Gasteiger partial charge in [-0.05, 0) is 53.4 Å². The molecule has 1 amide bonds. The van der Waals surface area contributed by atoms with Crippen LogP contribution in [0.5, 0.6) is 0 Å². The van der Waals surface area contributed by atoms with Crippen molar-refractivity contribution in [2.45, 2.75) is 31.7 Å². The second-order valence-corrected chi connectivity index (χ2v) is 5.55. The van der Waals surface area contributed by atoms with Crippen molar-refractivity contribution in [3.8, 4) is 0 Å². The van der Waals surface area contributed by atoms with Crippen molar-refractivity contribution in [3.05, 3.63) is 28.5 Å². The van der Waals surface area contributed by atoms with Gasteiger partial charge in [0.25, 0.3) is 5.91 Å². The monoisotopic (exact) mass is 311 g/mol. The number of nitrogens with zero attached hydrogens (tertiary/aromatic N) is 1. The Morgan fingerprint density at radius 1 is 1.50 bits per heavy atom. The third-order valence-electron chi connectivity index (χ3n) is 3.50. The maximum Gasteiger partial charge on any atom is 0.271 e. The quantitative estimate of drug-likeness (QED) is 0.898. The predicted octanol–water partition coefficient (Wildman–Crippen LogP) is 2.09. The normalized spacial score (nSPS) is 23.7. The van der Waals surface area contributed by atoms with E-state index < -0.39 is 0 Å². The van der Waals surface area contributed by atoms with E-state index in [2.05, 4.69) is 26.2 Å². The van der Waals surface area contributed by atoms with Gasteiger partial charge in [-0.3, -0.25) is 4.79 Å². The molecule has 0 saturated heterocycles. The first kappa shape index (κ1) is 13.5. The molecule has 1 saturated carbocycles. The Bertz CT molecular complexity index is 424. The summed E-state index contributed by atoms with van der Waals surface area (Å²) in [5, 5.41) is 3.07. The van der Waals surface area contributed by atoms with Crippen molar-refractivity contribution < 1.29 is 4.79 Å². The van der Waals surface area contributed by atoms with Crippen molar-refractivity contribution in [3.63, 3.8) is 0 Å². The van der Waals surface area contributed by atoms with Crippen LogP contribution in [0, 0.1) is 5.92 Å². The van der Waals surface area contributed by atoms with Crippen LogP contribution in [-0.2, 0) is 0 Å². The average Bonchev–Trinajstić information content (AvgIpc) is 2.39. The molecular formula is C13H18BrN3O. The lowest BCUT2D eigenvalue weighted by molar-refractivity contribution is 0.0902. The molecule has 1 heterocycles. The van der Waals surface area contributed by atoms with E-state index in [4.69, 9.17) is 5.73 Å². The van der Waals surface area contributed by atoms with Gasteiger partial charge in [0.05, 0.1) is 0 Å². The Morgan fingerprint density at radius 3 is 3.00 bits per heavy atom. The zero-order valence-electron chi connectivity index (χ0n) is 10.2. The highest BCUT2D eigenvalue weighted by molar-refractivity contribution is 9.10. The number of pyridine rings is 1. The number of nitrogens with two attached hydrogens (primary N) is 1. The van der Waals surface area contributed by atoms with Gasteiger partial charge in [-0.2, -0.15) is 0 Å². The number of amides is 1. The Kier molecular flexibility index (Phi) is 4.72. The molecule has 1 fully saturated rings. The van der Waals surface area contributed by atoms with Gasteiger partial charge >= 0.3 is 0 Å². The fraction of sp³-hybridized carbons (Fsp3) is 0.538. The van der Waals surface area contributed by atoms with Gasteiger partial charge in [-0.15, -0.1) is 0 Å². The largest absolute Gasteiger partial charge is 0.348 e. The van der Waals surface area contributed by atoms with E-state index in [1.807, 2.05) is 6.07 Å². The van der Waals surface area contributed by atoms with Crippen molar-refractivity contribution in [2.24, 2.45) is 11.7 Å². The Morgan fingerprint density at radius 2 is 2.28 bits per heavy atom. The highest BCUT2D eigenvalue weighted by atomic mass is 79.9. The summed E-state index contributed by atoms with van der Waals surface area (Å²) in [6, 6.07) is 3.80. The highest BCUT2D eigenvalue weighted by Crippen LogP contribution is 2.24. The maximum atomic E-state index is 12.2. The number of hydrogen-bond acceptors (Lipinski definition) is 3. The number of nitrogens with one attached hydrogen (secondary N) is 1. The molecule has 2 rings (SSSR count). The molecule has 3 N–H and O–H groups in total. The van der Waals surface area contributed by atoms with Crippen LogP contribution in [0.2, 0.25) is 0 Å². The van der Waals surface area contributed by atoms with Gasteiger partial charge in [-0.1, -0.05) is 12.8 Å². The topological polar surface area (TPSA) is 68.0 Å². The van der Waals surface area contributed by atoms with Crippen molar-refractivity contribution in [2.75, 3.05) is 6.54 Å². The number of carbonyl (C=O) groups excluding carboxylic acids is 1. The third kappa shape index (κ3) is 3.09. The van der Waals surface area contributed by atoms with Crippen LogP contribution in [0.3, 0.4) is 0 Å². The van der Waals surface area contributed by atoms with Crippen molar-refractivity contribution in [1.82, 2.24) is 10.3 Å². The van der Waals surface area contributed by atoms with E-state index in [9.17, 15) is 4.79 Å². The zero-order chi connectivity index (χ0) is 13.0. The predicted molar refractivity (Wildman–Crippen MR) is 74.2 cm³/mol. The molecule has 0 spiro atoms. The molecule has 0 bridgehead atoms. The van der Waals surface area contributed by atoms with Gasteiger partial charge in [-0.25, -0.2) is 4.98 Å². The Balaban J connectivity index is 2.04. The number of aromatic nitrogens is 1. The molecule has 0 aromatic carbocycles. The molecule has 1 aliphatic carbocycles. The molecule has 2 atom stereocenters. The van der Waals surface area contributed by atoms with Gasteiger partial charge in [0, 0.05) is 16.7 Å². The van der Waals surface area contributed by atoms with E-state index in [-0.39, 0.29) is 11.9 Å². The van der Waals surface area contributed by atoms with Crippen LogP contribution in [0.4, 0.5) is 0 Å². The smallest absolute Gasteiger partial charge is 0.271 e. The minimum absolute atomic E-state index is 0.118. The molecule has 1 aromatic heterocycles. The standard InChI is InChI=1S/C13H18BrN3O/c14-10-5-3-7-16-12(10)13(18)17-11-6-2-1-4-9(11)8-15/h3,5,7,9,11H,1-2,4,6,8,15H2,(H,17,18). The third-order valence-corrected chi connectivity index (χ3v) is 4.14. The second-order valence-electron chi connectivity index (χ2n) is 4.69. The lowest BCUT2D eigenvalue weighted by Crippen LogP contribution is -2.45. The molecule has 98 valence electrons. The zero-order valence-corrected chi connectivity index (χ0v) is 11.8. The van der Waals surface area contributed by atoms with E-state index in [1.165, 1.54) is 6.42 Å². The lowest BCUT2D eigenvalue weighted by Gasteiger charge is -2.31. The van der Waals surface area contributed by atoms with E-state index >= 15 is 0 Å². The fourth-order valence-electron chi connectivity index (χ4n) is 2.47. The number of hydrogen-bond donors (Lipinski definition) is 2. The summed E-state index contributed by atoms with van der Waals surface area (Å²) < 4.78 is 0.725. The summed E-state index contributed by atoms with van der Waals surface area (Å²) in [6.07, 6.45) is 6.11. The first-order valence-corrected chi connectivity index (χ1v) is 7.13. The molecular weight excluding hydrogens is 294 g/mol. The first-order valence-electron chi connectivity index (χ1n) is 6.34. The van der Waals surface area contributed by atoms with E-state index in [1.54, 1.807) is 12.3 Å². The maximum absolute atomic E-state index is 12.2. The summed E-state index contributed by atoms with van der Waals surface area (Å²) in [7, 11) is 0. The van der Waals surface area contributed by atoms with Crippen LogP contribution >= 0.6 is 15.9 Å². The van der Waals surface area contributed by atoms with Gasteiger partial charge < -0.3 is 11.1 Å². The summed E-state index contributed by atoms with van der Waals surface area (Å²) in [5.41, 5.74) is 6.21. The van der Waals surface area contributed by atoms with E-state index in [0.29, 0.717) is 18.2 Å². The van der Waals surface area contributed by atoms with Crippen LogP contribution in [-0.4, -0.2) is 23.5 Å².